The number of sulfone groups is 1. The molecule has 0 saturated carbocycles. The maximum Gasteiger partial charge on any atom is 0.317 e. The van der Waals surface area contributed by atoms with Crippen LogP contribution in [0.15, 0.2) is 22.7 Å². The zero-order valence-electron chi connectivity index (χ0n) is 15.5. The largest absolute Gasteiger partial charge is 0.338 e. The minimum absolute atomic E-state index is 0.00113. The molecule has 8 nitrogen and oxygen atoms in total. The number of urea groups is 1. The van der Waals surface area contributed by atoms with Gasteiger partial charge in [-0.05, 0) is 38.0 Å². The highest BCUT2D eigenvalue weighted by molar-refractivity contribution is 9.10. The summed E-state index contributed by atoms with van der Waals surface area (Å²) in [5.41, 5.74) is 0.764. The maximum atomic E-state index is 12.4. The number of carbonyl (C=O) groups excluding carboxylic acids is 3. The fraction of sp³-hybridized carbons (Fsp3) is 0.500. The lowest BCUT2D eigenvalue weighted by molar-refractivity contribution is 0.0653. The summed E-state index contributed by atoms with van der Waals surface area (Å²) < 4.78 is 24.0. The number of nitrogens with one attached hydrogen (secondary N) is 1. The molecular formula is C18H22BrN3O5S. The average molecular weight is 472 g/mol. The molecule has 1 N–H and O–H groups in total. The topological polar surface area (TPSA) is 104 Å². The van der Waals surface area contributed by atoms with Crippen LogP contribution >= 0.6 is 15.9 Å². The molecule has 2 heterocycles. The number of imide groups is 1. The summed E-state index contributed by atoms with van der Waals surface area (Å²) in [6, 6.07) is 4.35. The average Bonchev–Trinajstić information content (AvgIpc) is 3.10. The molecule has 0 aliphatic carbocycles. The normalized spacial score (nSPS) is 20.4. The minimum atomic E-state index is -3.07. The second-order valence-electron chi connectivity index (χ2n) is 6.88. The van der Waals surface area contributed by atoms with E-state index in [0.717, 1.165) is 4.47 Å². The van der Waals surface area contributed by atoms with Crippen LogP contribution in [-0.2, 0) is 9.84 Å². The van der Waals surface area contributed by atoms with Gasteiger partial charge in [0.2, 0.25) is 0 Å². The van der Waals surface area contributed by atoms with Crippen LogP contribution in [-0.4, -0.2) is 73.2 Å². The molecule has 1 saturated heterocycles. The molecule has 0 bridgehead atoms. The summed E-state index contributed by atoms with van der Waals surface area (Å²) in [7, 11) is -3.07. The molecular weight excluding hydrogens is 450 g/mol. The van der Waals surface area contributed by atoms with Crippen molar-refractivity contribution in [3.8, 4) is 0 Å². The lowest BCUT2D eigenvalue weighted by Crippen LogP contribution is -2.47. The summed E-state index contributed by atoms with van der Waals surface area (Å²) in [5.74, 6) is -0.556. The first-order valence-electron chi connectivity index (χ1n) is 9.14. The molecule has 0 spiro atoms. The predicted octanol–water partition coefficient (Wildman–Crippen LogP) is 1.65. The SMILES string of the molecule is CCN(C(=O)NCCCN1C(=O)c2ccc(Br)cc2C1=O)C1CCS(=O)(=O)C1. The van der Waals surface area contributed by atoms with Crippen LogP contribution in [0.3, 0.4) is 0 Å². The quantitative estimate of drug-likeness (QED) is 0.501. The number of amides is 4. The van der Waals surface area contributed by atoms with Gasteiger partial charge in [-0.3, -0.25) is 14.5 Å². The molecule has 4 amide bonds. The van der Waals surface area contributed by atoms with Gasteiger partial charge in [-0.15, -0.1) is 0 Å². The predicted molar refractivity (Wildman–Crippen MR) is 107 cm³/mol. The van der Waals surface area contributed by atoms with Gasteiger partial charge in [-0.25, -0.2) is 13.2 Å². The molecule has 1 aromatic carbocycles. The number of rotatable bonds is 6. The fourth-order valence-corrected chi connectivity index (χ4v) is 5.68. The van der Waals surface area contributed by atoms with Crippen molar-refractivity contribution in [2.45, 2.75) is 25.8 Å². The van der Waals surface area contributed by atoms with E-state index in [2.05, 4.69) is 21.2 Å². The third-order valence-corrected chi connectivity index (χ3v) is 7.26. The van der Waals surface area contributed by atoms with Crippen LogP contribution in [0.5, 0.6) is 0 Å². The second kappa shape index (κ2) is 8.20. The van der Waals surface area contributed by atoms with Crippen molar-refractivity contribution in [2.75, 3.05) is 31.1 Å². The van der Waals surface area contributed by atoms with E-state index in [9.17, 15) is 22.8 Å². The highest BCUT2D eigenvalue weighted by Crippen LogP contribution is 2.26. The van der Waals surface area contributed by atoms with Gasteiger partial charge in [-0.1, -0.05) is 15.9 Å². The molecule has 2 aliphatic rings. The van der Waals surface area contributed by atoms with Gasteiger partial charge in [0.1, 0.15) is 0 Å². The van der Waals surface area contributed by atoms with Crippen molar-refractivity contribution >= 4 is 43.6 Å². The number of hydrogen-bond donors (Lipinski definition) is 1. The van der Waals surface area contributed by atoms with Gasteiger partial charge in [0.05, 0.1) is 22.6 Å². The first-order valence-corrected chi connectivity index (χ1v) is 11.8. The van der Waals surface area contributed by atoms with Crippen molar-refractivity contribution in [1.82, 2.24) is 15.1 Å². The lowest BCUT2D eigenvalue weighted by atomic mass is 10.1. The first kappa shape index (κ1) is 20.8. The van der Waals surface area contributed by atoms with Crippen LogP contribution < -0.4 is 5.32 Å². The Labute approximate surface area is 172 Å². The van der Waals surface area contributed by atoms with Gasteiger partial charge in [0.15, 0.2) is 9.84 Å². The molecule has 0 radical (unpaired) electrons. The molecule has 152 valence electrons. The summed E-state index contributed by atoms with van der Waals surface area (Å²) in [4.78, 5) is 39.9. The van der Waals surface area contributed by atoms with E-state index in [0.29, 0.717) is 30.5 Å². The van der Waals surface area contributed by atoms with Gasteiger partial charge < -0.3 is 10.2 Å². The lowest BCUT2D eigenvalue weighted by Gasteiger charge is -2.27. The number of hydrogen-bond acceptors (Lipinski definition) is 5. The fourth-order valence-electron chi connectivity index (χ4n) is 3.59. The zero-order chi connectivity index (χ0) is 20.5. The Bertz CT molecular complexity index is 918. The highest BCUT2D eigenvalue weighted by atomic mass is 79.9. The van der Waals surface area contributed by atoms with Crippen LogP contribution in [0.1, 0.15) is 40.5 Å². The standard InChI is InChI=1S/C18H22BrN3O5S/c1-2-21(13-6-9-28(26,27)11-13)18(25)20-7-3-8-22-16(23)14-5-4-12(19)10-15(14)17(22)24/h4-5,10,13H,2-3,6-9,11H2,1H3,(H,20,25). The Morgan fingerprint density at radius 2 is 2.00 bits per heavy atom. The van der Waals surface area contributed by atoms with Gasteiger partial charge >= 0.3 is 6.03 Å². The number of fused-ring (bicyclic) bond motifs is 1. The van der Waals surface area contributed by atoms with Crippen LogP contribution in [0.4, 0.5) is 4.79 Å². The second-order valence-corrected chi connectivity index (χ2v) is 10.0. The van der Waals surface area contributed by atoms with Gasteiger partial charge in [0, 0.05) is 30.1 Å². The van der Waals surface area contributed by atoms with E-state index >= 15 is 0 Å². The summed E-state index contributed by atoms with van der Waals surface area (Å²) >= 11 is 3.30. The number of benzene rings is 1. The van der Waals surface area contributed by atoms with E-state index in [1.165, 1.54) is 9.80 Å². The molecule has 1 atom stereocenters. The molecule has 3 rings (SSSR count). The maximum absolute atomic E-state index is 12.4. The van der Waals surface area contributed by atoms with E-state index < -0.39 is 9.84 Å². The molecule has 1 fully saturated rings. The Morgan fingerprint density at radius 1 is 1.29 bits per heavy atom. The van der Waals surface area contributed by atoms with Crippen molar-refractivity contribution in [3.05, 3.63) is 33.8 Å². The van der Waals surface area contributed by atoms with Crippen molar-refractivity contribution in [2.24, 2.45) is 0 Å². The van der Waals surface area contributed by atoms with Gasteiger partial charge in [0.25, 0.3) is 11.8 Å². The highest BCUT2D eigenvalue weighted by Gasteiger charge is 2.36. The Balaban J connectivity index is 1.50. The number of carbonyl (C=O) groups is 3. The van der Waals surface area contributed by atoms with Crippen LogP contribution in [0.25, 0.3) is 0 Å². The Morgan fingerprint density at radius 3 is 2.64 bits per heavy atom. The third kappa shape index (κ3) is 4.22. The Kier molecular flexibility index (Phi) is 6.09. The van der Waals surface area contributed by atoms with Crippen molar-refractivity contribution in [3.63, 3.8) is 0 Å². The number of nitrogens with zero attached hydrogens (tertiary/aromatic N) is 2. The molecule has 1 unspecified atom stereocenters. The summed E-state index contributed by atoms with van der Waals surface area (Å²) in [6.45, 7) is 2.71. The molecule has 2 aliphatic heterocycles. The first-order chi connectivity index (χ1) is 13.2. The van der Waals surface area contributed by atoms with Crippen LogP contribution in [0, 0.1) is 0 Å². The van der Waals surface area contributed by atoms with Crippen LogP contribution in [0.2, 0.25) is 0 Å². The summed E-state index contributed by atoms with van der Waals surface area (Å²) in [6.07, 6.45) is 0.868. The Hall–Kier alpha value is -1.94. The number of halogens is 1. The molecule has 1 aromatic rings. The van der Waals surface area contributed by atoms with E-state index in [1.54, 1.807) is 25.1 Å². The smallest absolute Gasteiger partial charge is 0.317 e. The summed E-state index contributed by atoms with van der Waals surface area (Å²) in [5, 5.41) is 2.76. The van der Waals surface area contributed by atoms with Gasteiger partial charge in [-0.2, -0.15) is 0 Å². The van der Waals surface area contributed by atoms with Crippen molar-refractivity contribution < 1.29 is 22.8 Å². The molecule has 28 heavy (non-hydrogen) atoms. The van der Waals surface area contributed by atoms with E-state index in [4.69, 9.17) is 0 Å². The monoisotopic (exact) mass is 471 g/mol. The van der Waals surface area contributed by atoms with E-state index in [1.807, 2.05) is 0 Å². The van der Waals surface area contributed by atoms with Crippen molar-refractivity contribution in [1.29, 1.82) is 0 Å². The zero-order valence-corrected chi connectivity index (χ0v) is 17.9. The molecule has 0 aromatic heterocycles. The minimum Gasteiger partial charge on any atom is -0.338 e. The third-order valence-electron chi connectivity index (χ3n) is 5.02. The molecule has 10 heteroatoms. The van der Waals surface area contributed by atoms with E-state index in [-0.39, 0.29) is 48.5 Å².